The predicted molar refractivity (Wildman–Crippen MR) is 129 cm³/mol. The van der Waals surface area contributed by atoms with Crippen LogP contribution < -0.4 is 9.75 Å². The zero-order valence-electron chi connectivity index (χ0n) is 18.3. The van der Waals surface area contributed by atoms with Crippen molar-refractivity contribution < 1.29 is 31.5 Å². The number of halogens is 6. The minimum atomic E-state index is -2.31. The molecule has 3 aromatic rings. The molecule has 1 aliphatic heterocycles. The van der Waals surface area contributed by atoms with E-state index < -0.39 is 40.7 Å². The Labute approximate surface area is 210 Å². The van der Waals surface area contributed by atoms with E-state index in [-0.39, 0.29) is 16.3 Å². The Morgan fingerprint density at radius 2 is 1.51 bits per heavy atom. The number of benzene rings is 3. The van der Waals surface area contributed by atoms with Crippen molar-refractivity contribution >= 4 is 46.0 Å². The normalized spacial score (nSPS) is 14.6. The fourth-order valence-electron chi connectivity index (χ4n) is 3.35. The van der Waals surface area contributed by atoms with Gasteiger partial charge in [0.1, 0.15) is 18.0 Å². The van der Waals surface area contributed by atoms with E-state index in [1.807, 2.05) is 31.2 Å². The Morgan fingerprint density at radius 1 is 0.914 bits per heavy atom. The molecular weight excluding hydrogens is 582 g/mol. The fraction of sp³-hybridized carbons (Fsp3) is 0.120. The topological polar surface area (TPSA) is 41.9 Å². The van der Waals surface area contributed by atoms with Crippen LogP contribution in [0.4, 0.5) is 27.6 Å². The number of ether oxygens (including phenoxy) is 1. The van der Waals surface area contributed by atoms with Crippen LogP contribution in [0.5, 0.6) is 5.75 Å². The molecule has 0 unspecified atom stereocenters. The van der Waals surface area contributed by atoms with Crippen LogP contribution in [0.15, 0.2) is 53.1 Å². The summed E-state index contributed by atoms with van der Waals surface area (Å²) in [6.07, 6.45) is 1.42. The number of carbonyl (C=O) groups excluding carboxylic acids is 1. The molecule has 35 heavy (non-hydrogen) atoms. The molecule has 4 rings (SSSR count). The highest BCUT2D eigenvalue weighted by molar-refractivity contribution is 14.1. The van der Waals surface area contributed by atoms with Crippen LogP contribution in [0.25, 0.3) is 6.08 Å². The lowest BCUT2D eigenvalue weighted by molar-refractivity contribution is -0.114. The van der Waals surface area contributed by atoms with Crippen molar-refractivity contribution in [3.05, 3.63) is 97.4 Å². The van der Waals surface area contributed by atoms with Crippen LogP contribution in [0.1, 0.15) is 23.6 Å². The van der Waals surface area contributed by atoms with Crippen molar-refractivity contribution in [2.24, 2.45) is 5.10 Å². The lowest BCUT2D eigenvalue weighted by Gasteiger charge is -2.15. The highest BCUT2D eigenvalue weighted by Crippen LogP contribution is 2.34. The summed E-state index contributed by atoms with van der Waals surface area (Å²) in [5.74, 6) is -11.3. The first-order valence-electron chi connectivity index (χ1n) is 10.2. The van der Waals surface area contributed by atoms with Gasteiger partial charge in [0.15, 0.2) is 23.3 Å². The molecule has 0 radical (unpaired) electrons. The van der Waals surface area contributed by atoms with Gasteiger partial charge in [-0.15, -0.1) is 0 Å². The summed E-state index contributed by atoms with van der Waals surface area (Å²) in [5, 5.41) is 3.91. The van der Waals surface area contributed by atoms with Crippen LogP contribution in [0.2, 0.25) is 0 Å². The van der Waals surface area contributed by atoms with Gasteiger partial charge in [-0.2, -0.15) is 10.1 Å². The zero-order chi connectivity index (χ0) is 25.4. The van der Waals surface area contributed by atoms with Crippen molar-refractivity contribution in [1.82, 2.24) is 0 Å². The molecule has 4 nitrogen and oxygen atoms in total. The van der Waals surface area contributed by atoms with Crippen LogP contribution in [-0.2, 0) is 11.4 Å². The average molecular weight is 598 g/mol. The largest absolute Gasteiger partial charge is 0.488 e. The highest BCUT2D eigenvalue weighted by Gasteiger charge is 2.37. The van der Waals surface area contributed by atoms with E-state index in [1.165, 1.54) is 13.0 Å². The second-order valence-electron chi connectivity index (χ2n) is 7.74. The van der Waals surface area contributed by atoms with E-state index in [4.69, 9.17) is 4.74 Å². The number of hydrogen-bond donors (Lipinski definition) is 0. The van der Waals surface area contributed by atoms with E-state index in [1.54, 1.807) is 18.2 Å². The summed E-state index contributed by atoms with van der Waals surface area (Å²) in [4.78, 5) is 12.8. The number of aryl methyl sites for hydroxylation is 1. The molecule has 0 N–H and O–H groups in total. The molecule has 0 aliphatic carbocycles. The maximum atomic E-state index is 14.2. The van der Waals surface area contributed by atoms with Gasteiger partial charge in [0.05, 0.1) is 14.9 Å². The van der Waals surface area contributed by atoms with Gasteiger partial charge in [-0.3, -0.25) is 4.79 Å². The van der Waals surface area contributed by atoms with Gasteiger partial charge in [-0.1, -0.05) is 35.9 Å². The second-order valence-corrected chi connectivity index (χ2v) is 8.91. The Kier molecular flexibility index (Phi) is 6.93. The van der Waals surface area contributed by atoms with E-state index in [0.717, 1.165) is 14.7 Å². The molecule has 0 saturated carbocycles. The van der Waals surface area contributed by atoms with E-state index in [2.05, 4.69) is 27.7 Å². The summed E-state index contributed by atoms with van der Waals surface area (Å²) in [6, 6.07) is 13.0. The molecule has 1 amide bonds. The van der Waals surface area contributed by atoms with E-state index in [9.17, 15) is 26.7 Å². The molecular formula is C25H16F5IN2O2. The van der Waals surface area contributed by atoms with Gasteiger partial charge in [0, 0.05) is 0 Å². The molecule has 1 aliphatic rings. The molecule has 0 saturated heterocycles. The Hall–Kier alpha value is -3.28. The van der Waals surface area contributed by atoms with Crippen LogP contribution in [0, 0.1) is 39.6 Å². The average Bonchev–Trinajstić information content (AvgIpc) is 3.10. The van der Waals surface area contributed by atoms with Crippen molar-refractivity contribution in [2.45, 2.75) is 20.5 Å². The molecule has 0 atom stereocenters. The SMILES string of the molecule is CC1=NN(c2c(F)c(F)c(F)c(F)c2F)C(=O)/C1=C/c1ccc(OCc2ccc(C)cc2)c(I)c1. The number of rotatable bonds is 5. The second kappa shape index (κ2) is 9.76. The van der Waals surface area contributed by atoms with Gasteiger partial charge in [0.25, 0.3) is 5.91 Å². The number of anilines is 1. The van der Waals surface area contributed by atoms with E-state index in [0.29, 0.717) is 17.9 Å². The smallest absolute Gasteiger partial charge is 0.280 e. The lowest BCUT2D eigenvalue weighted by Crippen LogP contribution is -2.25. The molecule has 0 bridgehead atoms. The molecule has 0 fully saturated rings. The fourth-order valence-corrected chi connectivity index (χ4v) is 4.05. The van der Waals surface area contributed by atoms with Crippen molar-refractivity contribution in [1.29, 1.82) is 0 Å². The first kappa shape index (κ1) is 24.8. The molecule has 3 aromatic carbocycles. The quantitative estimate of drug-likeness (QED) is 0.108. The Bertz CT molecular complexity index is 1370. The zero-order valence-corrected chi connectivity index (χ0v) is 20.5. The first-order valence-corrected chi connectivity index (χ1v) is 11.3. The maximum Gasteiger partial charge on any atom is 0.280 e. The van der Waals surface area contributed by atoms with Gasteiger partial charge >= 0.3 is 0 Å². The molecule has 0 spiro atoms. The number of carbonyl (C=O) groups is 1. The van der Waals surface area contributed by atoms with Gasteiger partial charge in [-0.25, -0.2) is 22.0 Å². The summed E-state index contributed by atoms with van der Waals surface area (Å²) >= 11 is 2.07. The monoisotopic (exact) mass is 598 g/mol. The van der Waals surface area contributed by atoms with Crippen molar-refractivity contribution in [3.63, 3.8) is 0 Å². The number of hydrogen-bond acceptors (Lipinski definition) is 3. The third-order valence-electron chi connectivity index (χ3n) is 5.24. The Balaban J connectivity index is 1.58. The number of nitrogens with zero attached hydrogens (tertiary/aromatic N) is 2. The highest BCUT2D eigenvalue weighted by atomic mass is 127. The summed E-state index contributed by atoms with van der Waals surface area (Å²) in [7, 11) is 0. The molecule has 180 valence electrons. The van der Waals surface area contributed by atoms with Gasteiger partial charge < -0.3 is 4.74 Å². The minimum absolute atomic E-state index is 0.0497. The third-order valence-corrected chi connectivity index (χ3v) is 6.09. The van der Waals surface area contributed by atoms with Gasteiger partial charge in [0.2, 0.25) is 5.82 Å². The van der Waals surface area contributed by atoms with Crippen LogP contribution >= 0.6 is 22.6 Å². The lowest BCUT2D eigenvalue weighted by atomic mass is 10.1. The van der Waals surface area contributed by atoms with Crippen LogP contribution in [-0.4, -0.2) is 11.6 Å². The first-order chi connectivity index (χ1) is 16.6. The van der Waals surface area contributed by atoms with Crippen molar-refractivity contribution in [2.75, 3.05) is 5.01 Å². The number of amides is 1. The maximum absolute atomic E-state index is 14.2. The van der Waals surface area contributed by atoms with Gasteiger partial charge in [-0.05, 0) is 65.8 Å². The molecule has 10 heteroatoms. The summed E-state index contributed by atoms with van der Waals surface area (Å²) in [6.45, 7) is 3.74. The number of hydrazone groups is 1. The summed E-state index contributed by atoms with van der Waals surface area (Å²) < 4.78 is 75.6. The Morgan fingerprint density at radius 3 is 2.11 bits per heavy atom. The van der Waals surface area contributed by atoms with E-state index >= 15 is 0 Å². The third kappa shape index (κ3) is 4.79. The molecule has 1 heterocycles. The van der Waals surface area contributed by atoms with Crippen molar-refractivity contribution in [3.8, 4) is 5.75 Å². The molecule has 0 aromatic heterocycles. The predicted octanol–water partition coefficient (Wildman–Crippen LogP) is 6.68. The standard InChI is InChI=1S/C25H16F5IN2O2/c1-12-3-5-14(6-4-12)11-35-18-8-7-15(10-17(18)31)9-16-13(2)32-33(25(16)34)24-22(29)20(27)19(26)21(28)23(24)30/h3-10H,11H2,1-2H3/b16-9+. The van der Waals surface area contributed by atoms with Crippen LogP contribution in [0.3, 0.4) is 0 Å². The minimum Gasteiger partial charge on any atom is -0.488 e. The summed E-state index contributed by atoms with van der Waals surface area (Å²) in [5.41, 5.74) is 1.25.